The molecule has 0 saturated carbocycles. The van der Waals surface area contributed by atoms with E-state index in [-0.39, 0.29) is 25.9 Å². The van der Waals surface area contributed by atoms with Crippen molar-refractivity contribution >= 4 is 35.6 Å². The average molecular weight is 380 g/mol. The van der Waals surface area contributed by atoms with Crippen molar-refractivity contribution in [3.05, 3.63) is 35.9 Å². The van der Waals surface area contributed by atoms with E-state index in [1.54, 1.807) is 12.1 Å². The van der Waals surface area contributed by atoms with Crippen LogP contribution in [0.25, 0.3) is 0 Å². The number of imide groups is 1. The molecular formula is C17H20N2O6S. The molecule has 1 atom stereocenters. The summed E-state index contributed by atoms with van der Waals surface area (Å²) in [7, 11) is 0. The first-order chi connectivity index (χ1) is 12.5. The number of amides is 3. The summed E-state index contributed by atoms with van der Waals surface area (Å²) in [6, 6.07) is 8.07. The number of nitrogens with one attached hydrogen (secondary N) is 1. The van der Waals surface area contributed by atoms with Gasteiger partial charge >= 0.3 is 12.1 Å². The fourth-order valence-corrected chi connectivity index (χ4v) is 2.67. The van der Waals surface area contributed by atoms with Crippen LogP contribution in [0.3, 0.4) is 0 Å². The van der Waals surface area contributed by atoms with Crippen molar-refractivity contribution in [3.8, 4) is 0 Å². The number of nitrogens with zero attached hydrogens (tertiary/aromatic N) is 1. The zero-order chi connectivity index (χ0) is 18.9. The van der Waals surface area contributed by atoms with Crippen LogP contribution in [0.5, 0.6) is 0 Å². The number of rotatable bonds is 8. The molecule has 0 spiro atoms. The lowest BCUT2D eigenvalue weighted by Gasteiger charge is -2.19. The van der Waals surface area contributed by atoms with Crippen LogP contribution in [0.4, 0.5) is 4.79 Å². The number of ether oxygens (including phenoxy) is 1. The number of thioether (sulfide) groups is 1. The second-order valence-corrected chi connectivity index (χ2v) is 6.52. The number of carbonyl (C=O) groups is 4. The Balaban J connectivity index is 1.90. The van der Waals surface area contributed by atoms with Gasteiger partial charge in [-0.25, -0.2) is 9.59 Å². The van der Waals surface area contributed by atoms with Gasteiger partial charge in [-0.15, -0.1) is 5.06 Å². The van der Waals surface area contributed by atoms with Gasteiger partial charge in [-0.1, -0.05) is 30.3 Å². The first-order valence-corrected chi connectivity index (χ1v) is 9.44. The Hall–Kier alpha value is -2.55. The molecule has 0 radical (unpaired) electrons. The van der Waals surface area contributed by atoms with E-state index in [0.717, 1.165) is 5.56 Å². The molecule has 1 aromatic rings. The summed E-state index contributed by atoms with van der Waals surface area (Å²) in [5.74, 6) is -1.45. The standard InChI is InChI=1S/C17H20N2O6S/c1-26-10-9-13(16(22)25-19-14(20)7-8-15(19)21)18-17(23)24-11-12-5-3-2-4-6-12/h2-6,13H,7-11H2,1H3,(H,18,23). The van der Waals surface area contributed by atoms with Gasteiger partial charge in [0.05, 0.1) is 0 Å². The molecule has 1 fully saturated rings. The Morgan fingerprint density at radius 2 is 1.85 bits per heavy atom. The molecule has 1 saturated heterocycles. The largest absolute Gasteiger partial charge is 0.445 e. The Morgan fingerprint density at radius 1 is 1.19 bits per heavy atom. The molecule has 0 bridgehead atoms. The highest BCUT2D eigenvalue weighted by Crippen LogP contribution is 2.14. The maximum absolute atomic E-state index is 12.3. The molecule has 140 valence electrons. The maximum atomic E-state index is 12.3. The van der Waals surface area contributed by atoms with E-state index in [9.17, 15) is 19.2 Å². The van der Waals surface area contributed by atoms with Gasteiger partial charge in [0.15, 0.2) is 0 Å². The number of hydrogen-bond donors (Lipinski definition) is 1. The van der Waals surface area contributed by atoms with E-state index < -0.39 is 29.9 Å². The molecule has 1 unspecified atom stereocenters. The first kappa shape index (κ1) is 19.8. The molecule has 1 heterocycles. The predicted octanol–water partition coefficient (Wildman–Crippen LogP) is 1.64. The molecule has 1 aliphatic heterocycles. The lowest BCUT2D eigenvalue weighted by molar-refractivity contribution is -0.198. The zero-order valence-electron chi connectivity index (χ0n) is 14.3. The molecule has 8 nitrogen and oxygen atoms in total. The van der Waals surface area contributed by atoms with Crippen molar-refractivity contribution in [1.29, 1.82) is 0 Å². The van der Waals surface area contributed by atoms with E-state index >= 15 is 0 Å². The summed E-state index contributed by atoms with van der Waals surface area (Å²) in [6.07, 6.45) is 1.36. The molecule has 2 rings (SSSR count). The van der Waals surface area contributed by atoms with Gasteiger partial charge in [-0.05, 0) is 24.0 Å². The molecular weight excluding hydrogens is 360 g/mol. The smallest absolute Gasteiger partial charge is 0.408 e. The van der Waals surface area contributed by atoms with Crippen molar-refractivity contribution in [1.82, 2.24) is 10.4 Å². The topological polar surface area (TPSA) is 102 Å². The third kappa shape index (κ3) is 5.76. The molecule has 0 aromatic heterocycles. The quantitative estimate of drug-likeness (QED) is 0.684. The van der Waals surface area contributed by atoms with Crippen molar-refractivity contribution < 1.29 is 28.8 Å². The van der Waals surface area contributed by atoms with Crippen molar-refractivity contribution in [3.63, 3.8) is 0 Å². The number of alkyl carbamates (subject to hydrolysis) is 1. The fourth-order valence-electron chi connectivity index (χ4n) is 2.20. The fraction of sp³-hybridized carbons (Fsp3) is 0.412. The van der Waals surface area contributed by atoms with Crippen LogP contribution in [-0.4, -0.2) is 47.0 Å². The van der Waals surface area contributed by atoms with Crippen LogP contribution in [0, 0.1) is 0 Å². The Labute approximate surface area is 155 Å². The Bertz CT molecular complexity index is 650. The number of carbonyl (C=O) groups excluding carboxylic acids is 4. The minimum absolute atomic E-state index is 0.00807. The molecule has 1 N–H and O–H groups in total. The molecule has 1 aromatic carbocycles. The molecule has 0 aliphatic carbocycles. The van der Waals surface area contributed by atoms with Gasteiger partial charge in [0.1, 0.15) is 12.6 Å². The number of hydroxylamine groups is 2. The molecule has 3 amide bonds. The summed E-state index contributed by atoms with van der Waals surface area (Å²) >= 11 is 1.48. The normalized spacial score (nSPS) is 14.9. The highest BCUT2D eigenvalue weighted by Gasteiger charge is 2.35. The van der Waals surface area contributed by atoms with Crippen molar-refractivity contribution in [2.75, 3.05) is 12.0 Å². The van der Waals surface area contributed by atoms with Gasteiger partial charge < -0.3 is 14.9 Å². The summed E-state index contributed by atoms with van der Waals surface area (Å²) in [5.41, 5.74) is 0.805. The summed E-state index contributed by atoms with van der Waals surface area (Å²) in [4.78, 5) is 52.2. The molecule has 1 aliphatic rings. The van der Waals surface area contributed by atoms with Gasteiger partial charge in [-0.2, -0.15) is 11.8 Å². The highest BCUT2D eigenvalue weighted by atomic mass is 32.2. The van der Waals surface area contributed by atoms with Crippen LogP contribution >= 0.6 is 11.8 Å². The van der Waals surface area contributed by atoms with Crippen molar-refractivity contribution in [2.24, 2.45) is 0 Å². The van der Waals surface area contributed by atoms with E-state index in [1.807, 2.05) is 24.5 Å². The monoisotopic (exact) mass is 380 g/mol. The van der Waals surface area contributed by atoms with Crippen LogP contribution in [0.15, 0.2) is 30.3 Å². The summed E-state index contributed by atoms with van der Waals surface area (Å²) < 4.78 is 5.09. The maximum Gasteiger partial charge on any atom is 0.408 e. The minimum Gasteiger partial charge on any atom is -0.445 e. The van der Waals surface area contributed by atoms with Gasteiger partial charge in [-0.3, -0.25) is 9.59 Å². The lowest BCUT2D eigenvalue weighted by atomic mass is 10.2. The van der Waals surface area contributed by atoms with E-state index in [2.05, 4.69) is 5.32 Å². The first-order valence-electron chi connectivity index (χ1n) is 8.05. The van der Waals surface area contributed by atoms with Gasteiger partial charge in [0, 0.05) is 12.8 Å². The second kappa shape index (κ2) is 9.81. The third-order valence-electron chi connectivity index (χ3n) is 3.59. The van der Waals surface area contributed by atoms with Crippen molar-refractivity contribution in [2.45, 2.75) is 31.9 Å². The summed E-state index contributed by atoms with van der Waals surface area (Å²) in [5, 5.41) is 2.89. The Kier molecular flexibility index (Phi) is 7.46. The Morgan fingerprint density at radius 3 is 2.46 bits per heavy atom. The summed E-state index contributed by atoms with van der Waals surface area (Å²) in [6.45, 7) is 0.0556. The predicted molar refractivity (Wildman–Crippen MR) is 93.7 cm³/mol. The molecule has 9 heteroatoms. The van der Waals surface area contributed by atoms with E-state index in [4.69, 9.17) is 9.57 Å². The zero-order valence-corrected chi connectivity index (χ0v) is 15.1. The van der Waals surface area contributed by atoms with Crippen LogP contribution in [0.1, 0.15) is 24.8 Å². The SMILES string of the molecule is CSCCC(NC(=O)OCc1ccccc1)C(=O)ON1C(=O)CCC1=O. The average Bonchev–Trinajstić information content (AvgIpc) is 2.96. The van der Waals surface area contributed by atoms with Crippen LogP contribution in [0.2, 0.25) is 0 Å². The van der Waals surface area contributed by atoms with Crippen LogP contribution < -0.4 is 5.32 Å². The lowest BCUT2D eigenvalue weighted by Crippen LogP contribution is -2.45. The highest BCUT2D eigenvalue weighted by molar-refractivity contribution is 7.98. The van der Waals surface area contributed by atoms with E-state index in [1.165, 1.54) is 11.8 Å². The van der Waals surface area contributed by atoms with Gasteiger partial charge in [0.2, 0.25) is 0 Å². The van der Waals surface area contributed by atoms with Gasteiger partial charge in [0.25, 0.3) is 11.8 Å². The van der Waals surface area contributed by atoms with Crippen LogP contribution in [-0.2, 0) is 30.6 Å². The molecule has 26 heavy (non-hydrogen) atoms. The minimum atomic E-state index is -1.02. The second-order valence-electron chi connectivity index (χ2n) is 5.53. The third-order valence-corrected chi connectivity index (χ3v) is 4.23. The number of hydrogen-bond acceptors (Lipinski definition) is 7. The number of benzene rings is 1. The van der Waals surface area contributed by atoms with E-state index in [0.29, 0.717) is 10.8 Å².